The highest BCUT2D eigenvalue weighted by Crippen LogP contribution is 2.58. The zero-order valence-electron chi connectivity index (χ0n) is 10.4. The average Bonchev–Trinajstić information content (AvgIpc) is 2.68. The molecule has 110 valence electrons. The summed E-state index contributed by atoms with van der Waals surface area (Å²) < 4.78 is 64.0. The largest absolute Gasteiger partial charge is 0.523 e. The Bertz CT molecular complexity index is 525. The molecule has 1 N–H and O–H groups in total. The maximum atomic E-state index is 12.4. The van der Waals surface area contributed by atoms with Crippen LogP contribution in [0.25, 0.3) is 0 Å². The van der Waals surface area contributed by atoms with Crippen LogP contribution < -0.4 is 0 Å². The molecule has 0 aromatic heterocycles. The summed E-state index contributed by atoms with van der Waals surface area (Å²) in [5.74, 6) is -0.0539. The molecule has 0 heterocycles. The number of oxime groups is 1. The highest BCUT2D eigenvalue weighted by molar-refractivity contribution is 7.87. The summed E-state index contributed by atoms with van der Waals surface area (Å²) in [5, 5.41) is 12.0. The summed E-state index contributed by atoms with van der Waals surface area (Å²) in [7, 11) is -5.71. The van der Waals surface area contributed by atoms with E-state index in [9.17, 15) is 21.6 Å². The van der Waals surface area contributed by atoms with E-state index in [1.54, 1.807) is 13.8 Å². The minimum atomic E-state index is -5.71. The van der Waals surface area contributed by atoms with Gasteiger partial charge in [-0.25, -0.2) is 0 Å². The Morgan fingerprint density at radius 1 is 1.42 bits per heavy atom. The van der Waals surface area contributed by atoms with Crippen LogP contribution in [0.3, 0.4) is 0 Å². The molecule has 0 saturated heterocycles. The second-order valence-electron chi connectivity index (χ2n) is 5.59. The fourth-order valence-electron chi connectivity index (χ4n) is 3.21. The average molecular weight is 301 g/mol. The summed E-state index contributed by atoms with van der Waals surface area (Å²) in [6.45, 7) is 3.41. The number of alkyl halides is 3. The smallest absolute Gasteiger partial charge is 0.411 e. The third-order valence-electron chi connectivity index (χ3n) is 4.19. The topological polar surface area (TPSA) is 76.0 Å². The van der Waals surface area contributed by atoms with Gasteiger partial charge in [0.05, 0.1) is 5.71 Å². The Morgan fingerprint density at radius 2 is 2.00 bits per heavy atom. The monoisotopic (exact) mass is 301 g/mol. The lowest BCUT2D eigenvalue weighted by Crippen LogP contribution is -2.47. The molecular weight excluding hydrogens is 287 g/mol. The normalized spacial score (nSPS) is 36.1. The fraction of sp³-hybridized carbons (Fsp3) is 0.900. The van der Waals surface area contributed by atoms with Crippen LogP contribution in [-0.2, 0) is 14.3 Å². The van der Waals surface area contributed by atoms with Crippen LogP contribution in [0.1, 0.15) is 33.1 Å². The lowest BCUT2D eigenvalue weighted by molar-refractivity contribution is -0.0599. The van der Waals surface area contributed by atoms with Crippen LogP contribution in [0, 0.1) is 11.3 Å². The molecule has 2 saturated carbocycles. The SMILES string of the molecule is CC1(C)/C(=N\O)C2(OS(=O)(=O)C(F)(F)F)CCC1C2. The molecule has 2 rings (SSSR count). The molecule has 2 aliphatic rings. The summed E-state index contributed by atoms with van der Waals surface area (Å²) in [4.78, 5) is 0. The highest BCUT2D eigenvalue weighted by Gasteiger charge is 2.65. The Morgan fingerprint density at radius 3 is 2.47 bits per heavy atom. The van der Waals surface area contributed by atoms with Gasteiger partial charge in [-0.05, 0) is 25.2 Å². The van der Waals surface area contributed by atoms with E-state index in [0.29, 0.717) is 6.42 Å². The van der Waals surface area contributed by atoms with Crippen LogP contribution in [0.5, 0.6) is 0 Å². The second kappa shape index (κ2) is 3.85. The van der Waals surface area contributed by atoms with Crippen LogP contribution in [0.2, 0.25) is 0 Å². The maximum absolute atomic E-state index is 12.4. The Kier molecular flexibility index (Phi) is 2.95. The Labute approximate surface area is 108 Å². The number of fused-ring (bicyclic) bond motifs is 2. The van der Waals surface area contributed by atoms with Crippen LogP contribution >= 0.6 is 0 Å². The van der Waals surface area contributed by atoms with Gasteiger partial charge in [-0.15, -0.1) is 0 Å². The molecule has 2 fully saturated rings. The minimum Gasteiger partial charge on any atom is -0.411 e. The highest BCUT2D eigenvalue weighted by atomic mass is 32.2. The molecule has 0 aromatic rings. The van der Waals surface area contributed by atoms with Gasteiger partial charge in [0.15, 0.2) is 0 Å². The standard InChI is InChI=1S/C10H14F3NO4S/c1-8(2)6-3-4-9(5-6,7(8)14-15)18-19(16,17)10(11,12)13/h6,15H,3-5H2,1-2H3/b14-7+. The molecule has 19 heavy (non-hydrogen) atoms. The predicted octanol–water partition coefficient (Wildman–Crippen LogP) is 2.26. The van der Waals surface area contributed by atoms with Crippen molar-refractivity contribution in [3.8, 4) is 0 Å². The minimum absolute atomic E-state index is 0.0240. The van der Waals surface area contributed by atoms with Gasteiger partial charge in [0.25, 0.3) is 0 Å². The summed E-state index contributed by atoms with van der Waals surface area (Å²) in [5.41, 5.74) is -7.83. The number of halogens is 3. The molecule has 9 heteroatoms. The van der Waals surface area contributed by atoms with Gasteiger partial charge in [0, 0.05) is 5.41 Å². The fourth-order valence-corrected chi connectivity index (χ4v) is 3.96. The van der Waals surface area contributed by atoms with E-state index in [0.717, 1.165) is 0 Å². The van der Waals surface area contributed by atoms with Gasteiger partial charge >= 0.3 is 15.6 Å². The first-order valence-corrected chi connectivity index (χ1v) is 7.12. The Balaban J connectivity index is 2.41. The lowest BCUT2D eigenvalue weighted by Gasteiger charge is -2.35. The number of rotatable bonds is 2. The summed E-state index contributed by atoms with van der Waals surface area (Å²) in [6, 6.07) is 0. The molecule has 0 amide bonds. The number of hydrogen-bond acceptors (Lipinski definition) is 5. The predicted molar refractivity (Wildman–Crippen MR) is 59.1 cm³/mol. The molecule has 2 atom stereocenters. The van der Waals surface area contributed by atoms with Crippen molar-refractivity contribution in [2.75, 3.05) is 0 Å². The van der Waals surface area contributed by atoms with Crippen molar-refractivity contribution in [1.82, 2.24) is 0 Å². The summed E-state index contributed by atoms with van der Waals surface area (Å²) in [6.07, 6.45) is 0.768. The molecule has 2 unspecified atom stereocenters. The maximum Gasteiger partial charge on any atom is 0.523 e. The van der Waals surface area contributed by atoms with Gasteiger partial charge in [-0.1, -0.05) is 19.0 Å². The van der Waals surface area contributed by atoms with Crippen molar-refractivity contribution in [2.24, 2.45) is 16.5 Å². The first kappa shape index (κ1) is 14.6. The zero-order valence-corrected chi connectivity index (χ0v) is 11.2. The molecule has 0 aliphatic heterocycles. The van der Waals surface area contributed by atoms with Crippen molar-refractivity contribution in [1.29, 1.82) is 0 Å². The zero-order chi connectivity index (χ0) is 14.7. The molecule has 2 aliphatic carbocycles. The van der Waals surface area contributed by atoms with Crippen molar-refractivity contribution < 1.29 is 31.0 Å². The van der Waals surface area contributed by atoms with Gasteiger partial charge in [0.1, 0.15) is 5.60 Å². The molecule has 0 spiro atoms. The van der Waals surface area contributed by atoms with Crippen LogP contribution in [0.4, 0.5) is 13.2 Å². The van der Waals surface area contributed by atoms with Gasteiger partial charge < -0.3 is 5.21 Å². The third-order valence-corrected chi connectivity index (χ3v) is 5.29. The van der Waals surface area contributed by atoms with E-state index in [1.807, 2.05) is 0 Å². The van der Waals surface area contributed by atoms with E-state index in [1.165, 1.54) is 0 Å². The molecular formula is C10H14F3NO4S. The molecule has 2 bridgehead atoms. The second-order valence-corrected chi connectivity index (χ2v) is 7.13. The van der Waals surface area contributed by atoms with E-state index in [2.05, 4.69) is 9.34 Å². The molecule has 0 radical (unpaired) electrons. The number of nitrogens with zero attached hydrogens (tertiary/aromatic N) is 1. The molecule has 5 nitrogen and oxygen atoms in total. The van der Waals surface area contributed by atoms with Crippen LogP contribution in [0.15, 0.2) is 5.16 Å². The van der Waals surface area contributed by atoms with Gasteiger partial charge in [-0.2, -0.15) is 21.6 Å². The Hall–Kier alpha value is -0.830. The van der Waals surface area contributed by atoms with Crippen molar-refractivity contribution >= 4 is 15.8 Å². The van der Waals surface area contributed by atoms with Gasteiger partial charge in [-0.3, -0.25) is 4.18 Å². The van der Waals surface area contributed by atoms with Crippen molar-refractivity contribution in [3.63, 3.8) is 0 Å². The van der Waals surface area contributed by atoms with Crippen molar-refractivity contribution in [2.45, 2.75) is 44.2 Å². The number of hydrogen-bond donors (Lipinski definition) is 1. The van der Waals surface area contributed by atoms with Crippen molar-refractivity contribution in [3.05, 3.63) is 0 Å². The molecule has 0 aromatic carbocycles. The van der Waals surface area contributed by atoms with E-state index < -0.39 is 26.6 Å². The third kappa shape index (κ3) is 1.94. The first-order valence-electron chi connectivity index (χ1n) is 5.71. The van der Waals surface area contributed by atoms with E-state index >= 15 is 0 Å². The first-order chi connectivity index (χ1) is 8.46. The van der Waals surface area contributed by atoms with E-state index in [-0.39, 0.29) is 24.5 Å². The lowest BCUT2D eigenvalue weighted by atomic mass is 9.74. The van der Waals surface area contributed by atoms with Crippen LogP contribution in [-0.4, -0.2) is 30.4 Å². The quantitative estimate of drug-likeness (QED) is 0.367. The van der Waals surface area contributed by atoms with Gasteiger partial charge in [0.2, 0.25) is 0 Å². The van der Waals surface area contributed by atoms with E-state index in [4.69, 9.17) is 5.21 Å². The summed E-state index contributed by atoms with van der Waals surface area (Å²) >= 11 is 0.